The SMILES string of the molecule is COC(=O)C1=C(C)NC(C)(c2ccc([N+](=O)[O-])cc2)C(C(=O)OC)C1. The summed E-state index contributed by atoms with van der Waals surface area (Å²) in [5, 5.41) is 14.0. The molecule has 2 atom stereocenters. The van der Waals surface area contributed by atoms with Gasteiger partial charge in [0.1, 0.15) is 0 Å². The van der Waals surface area contributed by atoms with E-state index in [0.29, 0.717) is 16.8 Å². The number of nitrogens with one attached hydrogen (secondary N) is 1. The number of esters is 2. The molecule has 1 aromatic carbocycles. The molecule has 1 aromatic rings. The maximum atomic E-state index is 12.3. The van der Waals surface area contributed by atoms with Gasteiger partial charge in [0.2, 0.25) is 0 Å². The Morgan fingerprint density at radius 1 is 1.24 bits per heavy atom. The van der Waals surface area contributed by atoms with E-state index in [-0.39, 0.29) is 12.1 Å². The molecular formula is C17H20N2O6. The van der Waals surface area contributed by atoms with Crippen LogP contribution in [0.4, 0.5) is 5.69 Å². The van der Waals surface area contributed by atoms with Crippen molar-refractivity contribution >= 4 is 17.6 Å². The molecule has 1 heterocycles. The van der Waals surface area contributed by atoms with E-state index in [1.165, 1.54) is 26.4 Å². The summed E-state index contributed by atoms with van der Waals surface area (Å²) < 4.78 is 9.68. The number of hydrogen-bond acceptors (Lipinski definition) is 7. The summed E-state index contributed by atoms with van der Waals surface area (Å²) in [6.07, 6.45) is 0.145. The molecule has 8 heteroatoms. The van der Waals surface area contributed by atoms with Crippen LogP contribution in [-0.4, -0.2) is 31.1 Å². The quantitative estimate of drug-likeness (QED) is 0.504. The molecule has 0 aliphatic carbocycles. The van der Waals surface area contributed by atoms with E-state index in [2.05, 4.69) is 5.32 Å². The Bertz CT molecular complexity index is 740. The Kier molecular flexibility index (Phi) is 5.10. The van der Waals surface area contributed by atoms with Crippen molar-refractivity contribution < 1.29 is 24.0 Å². The van der Waals surface area contributed by atoms with E-state index in [9.17, 15) is 19.7 Å². The van der Waals surface area contributed by atoms with E-state index in [4.69, 9.17) is 9.47 Å². The fourth-order valence-corrected chi connectivity index (χ4v) is 3.14. The molecule has 0 amide bonds. The number of ether oxygens (including phenoxy) is 2. The molecule has 0 bridgehead atoms. The molecule has 0 fully saturated rings. The molecule has 0 saturated heterocycles. The van der Waals surface area contributed by atoms with Gasteiger partial charge in [0.05, 0.1) is 36.2 Å². The van der Waals surface area contributed by atoms with Gasteiger partial charge in [-0.3, -0.25) is 14.9 Å². The molecule has 0 spiro atoms. The summed E-state index contributed by atoms with van der Waals surface area (Å²) >= 11 is 0. The second kappa shape index (κ2) is 6.92. The smallest absolute Gasteiger partial charge is 0.335 e. The van der Waals surface area contributed by atoms with Crippen molar-refractivity contribution in [3.63, 3.8) is 0 Å². The van der Waals surface area contributed by atoms with Crippen molar-refractivity contribution in [3.8, 4) is 0 Å². The van der Waals surface area contributed by atoms with Crippen molar-refractivity contribution in [2.45, 2.75) is 25.8 Å². The fourth-order valence-electron chi connectivity index (χ4n) is 3.14. The lowest BCUT2D eigenvalue weighted by Gasteiger charge is -2.42. The molecule has 0 radical (unpaired) electrons. The molecule has 2 unspecified atom stereocenters. The first-order valence-corrected chi connectivity index (χ1v) is 7.63. The molecular weight excluding hydrogens is 328 g/mol. The number of nitro benzene ring substituents is 1. The molecule has 0 saturated carbocycles. The van der Waals surface area contributed by atoms with Gasteiger partial charge in [-0.2, -0.15) is 0 Å². The number of rotatable bonds is 4. The van der Waals surface area contributed by atoms with Crippen molar-refractivity contribution in [1.29, 1.82) is 0 Å². The Balaban J connectivity index is 2.51. The third-order valence-electron chi connectivity index (χ3n) is 4.60. The maximum Gasteiger partial charge on any atom is 0.335 e. The van der Waals surface area contributed by atoms with E-state index in [1.807, 2.05) is 0 Å². The fraction of sp³-hybridized carbons (Fsp3) is 0.412. The highest BCUT2D eigenvalue weighted by molar-refractivity contribution is 5.91. The van der Waals surface area contributed by atoms with Gasteiger partial charge in [0.25, 0.3) is 5.69 Å². The molecule has 2 rings (SSSR count). The molecule has 1 aliphatic rings. The Morgan fingerprint density at radius 3 is 2.32 bits per heavy atom. The predicted molar refractivity (Wildman–Crippen MR) is 88.4 cm³/mol. The predicted octanol–water partition coefficient (Wildman–Crippen LogP) is 2.04. The highest BCUT2D eigenvalue weighted by atomic mass is 16.6. The summed E-state index contributed by atoms with van der Waals surface area (Å²) in [5.74, 6) is -1.69. The number of allylic oxidation sites excluding steroid dienone is 1. The van der Waals surface area contributed by atoms with Crippen LogP contribution in [0.1, 0.15) is 25.8 Å². The minimum atomic E-state index is -0.885. The number of non-ortho nitro benzene ring substituents is 1. The van der Waals surface area contributed by atoms with Crippen LogP contribution in [0.15, 0.2) is 35.5 Å². The van der Waals surface area contributed by atoms with E-state index in [0.717, 1.165) is 0 Å². The average molecular weight is 348 g/mol. The zero-order chi connectivity index (χ0) is 18.8. The first-order valence-electron chi connectivity index (χ1n) is 7.63. The standard InChI is InChI=1S/C17H20N2O6/c1-10-13(15(20)24-3)9-14(16(21)25-4)17(2,18-10)11-5-7-12(8-6-11)19(22)23/h5-8,14,18H,9H2,1-4H3. The lowest BCUT2D eigenvalue weighted by molar-refractivity contribution is -0.384. The first-order chi connectivity index (χ1) is 11.7. The third kappa shape index (κ3) is 3.33. The van der Waals surface area contributed by atoms with E-state index in [1.54, 1.807) is 26.0 Å². The van der Waals surface area contributed by atoms with Crippen LogP contribution in [0.2, 0.25) is 0 Å². The highest BCUT2D eigenvalue weighted by Crippen LogP contribution is 2.40. The molecule has 1 N–H and O–H groups in total. The molecule has 1 aliphatic heterocycles. The van der Waals surface area contributed by atoms with Crippen molar-refractivity contribution in [2.24, 2.45) is 5.92 Å². The van der Waals surface area contributed by atoms with Gasteiger partial charge >= 0.3 is 11.9 Å². The number of nitrogens with zero attached hydrogens (tertiary/aromatic N) is 1. The van der Waals surface area contributed by atoms with Crippen LogP contribution in [0.5, 0.6) is 0 Å². The maximum absolute atomic E-state index is 12.3. The summed E-state index contributed by atoms with van der Waals surface area (Å²) in [6, 6.07) is 5.95. The van der Waals surface area contributed by atoms with Gasteiger partial charge < -0.3 is 14.8 Å². The molecule has 134 valence electrons. The Morgan fingerprint density at radius 2 is 1.84 bits per heavy atom. The Hall–Kier alpha value is -2.90. The summed E-state index contributed by atoms with van der Waals surface area (Å²) in [6.45, 7) is 3.52. The van der Waals surface area contributed by atoms with Crippen molar-refractivity contribution in [2.75, 3.05) is 14.2 Å². The largest absolute Gasteiger partial charge is 0.469 e. The average Bonchev–Trinajstić information content (AvgIpc) is 2.60. The number of nitro groups is 1. The molecule has 0 aromatic heterocycles. The number of methoxy groups -OCH3 is 2. The lowest BCUT2D eigenvalue weighted by atomic mass is 9.73. The summed E-state index contributed by atoms with van der Waals surface area (Å²) in [7, 11) is 2.56. The minimum absolute atomic E-state index is 0.0414. The van der Waals surface area contributed by atoms with Crippen LogP contribution in [0.25, 0.3) is 0 Å². The van der Waals surface area contributed by atoms with Crippen LogP contribution in [0, 0.1) is 16.0 Å². The first kappa shape index (κ1) is 18.4. The number of benzene rings is 1. The van der Waals surface area contributed by atoms with E-state index < -0.39 is 28.3 Å². The second-order valence-electron chi connectivity index (χ2n) is 6.01. The second-order valence-corrected chi connectivity index (χ2v) is 6.01. The van der Waals surface area contributed by atoms with Gasteiger partial charge in [0, 0.05) is 17.8 Å². The normalized spacial score (nSPS) is 22.8. The van der Waals surface area contributed by atoms with E-state index >= 15 is 0 Å². The van der Waals surface area contributed by atoms with Gasteiger partial charge in [0.15, 0.2) is 0 Å². The zero-order valence-corrected chi connectivity index (χ0v) is 14.5. The van der Waals surface area contributed by atoms with Gasteiger partial charge in [-0.05, 0) is 38.0 Å². The topological polar surface area (TPSA) is 108 Å². The van der Waals surface area contributed by atoms with Crippen LogP contribution < -0.4 is 5.32 Å². The van der Waals surface area contributed by atoms with Crippen molar-refractivity contribution in [1.82, 2.24) is 5.32 Å². The summed E-state index contributed by atoms with van der Waals surface area (Å²) in [4.78, 5) is 34.7. The van der Waals surface area contributed by atoms with Crippen LogP contribution in [-0.2, 0) is 24.6 Å². The van der Waals surface area contributed by atoms with Gasteiger partial charge in [-0.15, -0.1) is 0 Å². The van der Waals surface area contributed by atoms with Crippen molar-refractivity contribution in [3.05, 3.63) is 51.2 Å². The summed E-state index contributed by atoms with van der Waals surface area (Å²) in [5.41, 5.74) is 0.714. The van der Waals surface area contributed by atoms with Crippen LogP contribution >= 0.6 is 0 Å². The number of hydrogen-bond donors (Lipinski definition) is 1. The third-order valence-corrected chi connectivity index (χ3v) is 4.60. The van der Waals surface area contributed by atoms with Gasteiger partial charge in [-0.25, -0.2) is 4.79 Å². The monoisotopic (exact) mass is 348 g/mol. The Labute approximate surface area is 145 Å². The minimum Gasteiger partial charge on any atom is -0.469 e. The molecule has 8 nitrogen and oxygen atoms in total. The van der Waals surface area contributed by atoms with Gasteiger partial charge in [-0.1, -0.05) is 0 Å². The highest BCUT2D eigenvalue weighted by Gasteiger charge is 2.46. The number of carbonyl (C=O) groups is 2. The van der Waals surface area contributed by atoms with Crippen LogP contribution in [0.3, 0.4) is 0 Å². The molecule has 25 heavy (non-hydrogen) atoms. The zero-order valence-electron chi connectivity index (χ0n) is 14.5. The lowest BCUT2D eigenvalue weighted by Crippen LogP contribution is -2.52. The number of carbonyl (C=O) groups excluding carboxylic acids is 2.